The number of allylic oxidation sites excluding steroid dienone is 1. The van der Waals surface area contributed by atoms with Gasteiger partial charge in [-0.2, -0.15) is 5.26 Å². The van der Waals surface area contributed by atoms with Gasteiger partial charge in [-0.1, -0.05) is 40.9 Å². The zero-order valence-electron chi connectivity index (χ0n) is 10.4. The summed E-state index contributed by atoms with van der Waals surface area (Å²) in [6, 6.07) is 9.36. The maximum Gasteiger partial charge on any atom is 0.313 e. The van der Waals surface area contributed by atoms with Crippen LogP contribution in [0, 0.1) is 17.2 Å². The molecule has 0 N–H and O–H groups in total. The Morgan fingerprint density at radius 3 is 2.53 bits per heavy atom. The van der Waals surface area contributed by atoms with Gasteiger partial charge in [-0.3, -0.25) is 4.79 Å². The molecule has 19 heavy (non-hydrogen) atoms. The Morgan fingerprint density at radius 1 is 1.32 bits per heavy atom. The Balaban J connectivity index is 2.05. The molecule has 98 valence electrons. The van der Waals surface area contributed by atoms with E-state index in [0.717, 1.165) is 35.7 Å². The van der Waals surface area contributed by atoms with Crippen LogP contribution in [-0.4, -0.2) is 5.97 Å². The summed E-state index contributed by atoms with van der Waals surface area (Å²) >= 11 is 3.34. The fraction of sp³-hybridized carbons (Fsp3) is 0.333. The highest BCUT2D eigenvalue weighted by atomic mass is 79.9. The Morgan fingerprint density at radius 2 is 1.95 bits per heavy atom. The summed E-state index contributed by atoms with van der Waals surface area (Å²) in [6.07, 6.45) is 5.23. The monoisotopic (exact) mass is 319 g/mol. The second kappa shape index (κ2) is 6.53. The summed E-state index contributed by atoms with van der Waals surface area (Å²) in [5.41, 5.74) is 1.10. The van der Waals surface area contributed by atoms with Crippen molar-refractivity contribution in [2.75, 3.05) is 0 Å². The molecule has 0 unspecified atom stereocenters. The van der Waals surface area contributed by atoms with Crippen LogP contribution in [-0.2, 0) is 9.53 Å². The van der Waals surface area contributed by atoms with Gasteiger partial charge < -0.3 is 4.74 Å². The van der Waals surface area contributed by atoms with Crippen molar-refractivity contribution in [2.24, 2.45) is 5.92 Å². The molecule has 4 heteroatoms. The largest absolute Gasteiger partial charge is 0.433 e. The molecule has 3 nitrogen and oxygen atoms in total. The number of hydrogen-bond donors (Lipinski definition) is 0. The van der Waals surface area contributed by atoms with Gasteiger partial charge in [0.05, 0.1) is 11.5 Å². The Bertz CT molecular complexity index is 522. The van der Waals surface area contributed by atoms with E-state index in [0.29, 0.717) is 5.57 Å². The predicted molar refractivity (Wildman–Crippen MR) is 75.8 cm³/mol. The van der Waals surface area contributed by atoms with E-state index in [9.17, 15) is 4.79 Å². The lowest BCUT2D eigenvalue weighted by Crippen LogP contribution is -2.11. The van der Waals surface area contributed by atoms with Crippen LogP contribution in [0.4, 0.5) is 0 Å². The normalized spacial score (nSPS) is 16.1. The molecule has 0 radical (unpaired) electrons. The van der Waals surface area contributed by atoms with Crippen molar-refractivity contribution in [3.05, 3.63) is 40.6 Å². The van der Waals surface area contributed by atoms with Gasteiger partial charge in [0.25, 0.3) is 0 Å². The predicted octanol–water partition coefficient (Wildman–Crippen LogP) is 4.05. The minimum absolute atomic E-state index is 0.00103. The molecule has 0 aliphatic heterocycles. The van der Waals surface area contributed by atoms with Crippen LogP contribution in [0.1, 0.15) is 31.2 Å². The lowest BCUT2D eigenvalue weighted by atomic mass is 10.1. The van der Waals surface area contributed by atoms with Gasteiger partial charge in [0.2, 0.25) is 0 Å². The van der Waals surface area contributed by atoms with Gasteiger partial charge in [-0.05, 0) is 30.5 Å². The van der Waals surface area contributed by atoms with E-state index in [-0.39, 0.29) is 11.9 Å². The summed E-state index contributed by atoms with van der Waals surface area (Å²) in [5.74, 6) is -0.219. The maximum absolute atomic E-state index is 11.8. The van der Waals surface area contributed by atoms with Gasteiger partial charge in [-0.15, -0.1) is 0 Å². The van der Waals surface area contributed by atoms with E-state index in [1.807, 2.05) is 24.3 Å². The third-order valence-electron chi connectivity index (χ3n) is 3.26. The molecule has 1 saturated carbocycles. The van der Waals surface area contributed by atoms with Crippen LogP contribution in [0.15, 0.2) is 35.0 Å². The smallest absolute Gasteiger partial charge is 0.313 e. The third kappa shape index (κ3) is 3.68. The second-order valence-corrected chi connectivity index (χ2v) is 5.48. The van der Waals surface area contributed by atoms with Gasteiger partial charge >= 0.3 is 5.97 Å². The number of ether oxygens (including phenoxy) is 1. The molecule has 1 aliphatic rings. The zero-order valence-corrected chi connectivity index (χ0v) is 12.0. The zero-order chi connectivity index (χ0) is 13.7. The molecule has 0 amide bonds. The lowest BCUT2D eigenvalue weighted by Gasteiger charge is -2.06. The first kappa shape index (κ1) is 13.8. The number of hydrogen-bond acceptors (Lipinski definition) is 3. The van der Waals surface area contributed by atoms with Crippen molar-refractivity contribution in [3.8, 4) is 6.07 Å². The van der Waals surface area contributed by atoms with Crippen molar-refractivity contribution in [3.63, 3.8) is 0 Å². The van der Waals surface area contributed by atoms with Crippen LogP contribution >= 0.6 is 15.9 Å². The van der Waals surface area contributed by atoms with Crippen molar-refractivity contribution in [1.29, 1.82) is 5.26 Å². The first-order chi connectivity index (χ1) is 9.20. The number of nitriles is 1. The number of carbonyl (C=O) groups is 1. The van der Waals surface area contributed by atoms with Crippen LogP contribution in [0.25, 0.3) is 5.57 Å². The van der Waals surface area contributed by atoms with Crippen LogP contribution < -0.4 is 0 Å². The molecule has 0 atom stereocenters. The van der Waals surface area contributed by atoms with E-state index in [2.05, 4.69) is 22.0 Å². The fourth-order valence-electron chi connectivity index (χ4n) is 2.16. The molecule has 0 aromatic heterocycles. The third-order valence-corrected chi connectivity index (χ3v) is 3.79. The molecular formula is C15H14BrNO2. The highest BCUT2D eigenvalue weighted by molar-refractivity contribution is 9.10. The van der Waals surface area contributed by atoms with E-state index < -0.39 is 0 Å². The van der Waals surface area contributed by atoms with E-state index in [1.54, 1.807) is 0 Å². The molecule has 1 aliphatic carbocycles. The summed E-state index contributed by atoms with van der Waals surface area (Å²) in [6.45, 7) is 0. The number of esters is 1. The van der Waals surface area contributed by atoms with Crippen LogP contribution in [0.5, 0.6) is 0 Å². The molecule has 2 rings (SSSR count). The van der Waals surface area contributed by atoms with Crippen LogP contribution in [0.3, 0.4) is 0 Å². The van der Waals surface area contributed by atoms with E-state index in [1.165, 1.54) is 6.26 Å². The van der Waals surface area contributed by atoms with Gasteiger partial charge in [0, 0.05) is 4.47 Å². The number of nitrogens with zero attached hydrogens (tertiary/aromatic N) is 1. The fourth-order valence-corrected chi connectivity index (χ4v) is 2.43. The number of carbonyl (C=O) groups excluding carboxylic acids is 1. The van der Waals surface area contributed by atoms with Gasteiger partial charge in [0.1, 0.15) is 12.3 Å². The molecular weight excluding hydrogens is 306 g/mol. The average Bonchev–Trinajstić information content (AvgIpc) is 2.95. The van der Waals surface area contributed by atoms with Crippen LogP contribution in [0.2, 0.25) is 0 Å². The quantitative estimate of drug-likeness (QED) is 0.480. The molecule has 0 saturated heterocycles. The van der Waals surface area contributed by atoms with Crippen molar-refractivity contribution >= 4 is 27.5 Å². The highest BCUT2D eigenvalue weighted by Crippen LogP contribution is 2.26. The minimum Gasteiger partial charge on any atom is -0.433 e. The molecule has 1 aromatic rings. The first-order valence-electron chi connectivity index (χ1n) is 6.27. The van der Waals surface area contributed by atoms with Crippen molar-refractivity contribution in [1.82, 2.24) is 0 Å². The maximum atomic E-state index is 11.8. The Kier molecular flexibility index (Phi) is 4.75. The topological polar surface area (TPSA) is 50.1 Å². The molecule has 1 aromatic carbocycles. The van der Waals surface area contributed by atoms with E-state index in [4.69, 9.17) is 10.00 Å². The Labute approximate surface area is 121 Å². The SMILES string of the molecule is N#C/C(=C\OC(=O)C1CCCC1)c1ccc(Br)cc1. The van der Waals surface area contributed by atoms with Crippen molar-refractivity contribution < 1.29 is 9.53 Å². The van der Waals surface area contributed by atoms with E-state index >= 15 is 0 Å². The number of rotatable bonds is 3. The molecule has 0 bridgehead atoms. The summed E-state index contributed by atoms with van der Waals surface area (Å²) < 4.78 is 6.07. The molecule has 0 heterocycles. The highest BCUT2D eigenvalue weighted by Gasteiger charge is 2.23. The first-order valence-corrected chi connectivity index (χ1v) is 7.06. The van der Waals surface area contributed by atoms with Gasteiger partial charge in [-0.25, -0.2) is 0 Å². The summed E-state index contributed by atoms with van der Waals surface area (Å²) in [4.78, 5) is 11.8. The average molecular weight is 320 g/mol. The lowest BCUT2D eigenvalue weighted by molar-refractivity contribution is -0.142. The Hall–Kier alpha value is -1.60. The molecule has 0 spiro atoms. The molecule has 1 fully saturated rings. The van der Waals surface area contributed by atoms with Crippen molar-refractivity contribution in [2.45, 2.75) is 25.7 Å². The minimum atomic E-state index is -0.220. The van der Waals surface area contributed by atoms with Gasteiger partial charge in [0.15, 0.2) is 0 Å². The standard InChI is InChI=1S/C15H14BrNO2/c16-14-7-5-11(6-8-14)13(9-17)10-19-15(18)12-3-1-2-4-12/h5-8,10,12H,1-4H2/b13-10+. The summed E-state index contributed by atoms with van der Waals surface area (Å²) in [7, 11) is 0. The second-order valence-electron chi connectivity index (χ2n) is 4.57. The number of halogens is 1. The number of benzene rings is 1. The summed E-state index contributed by atoms with van der Waals surface area (Å²) in [5, 5.41) is 9.11.